The van der Waals surface area contributed by atoms with Gasteiger partial charge in [0.05, 0.1) is 4.90 Å². The SMILES string of the molecule is CNC(=O)c1cc(=O)nc2sc(N3CCN(S(=O)(=O)c4ccc(OC(F)(F)F)cc4)CC3)nn12.O=CNCc1ccc(OC(F)(F)F)cc1. The van der Waals surface area contributed by atoms with Crippen LogP contribution < -0.4 is 30.6 Å². The second-order valence-electron chi connectivity index (χ2n) is 9.74. The van der Waals surface area contributed by atoms with Crippen LogP contribution in [0.5, 0.6) is 11.5 Å². The summed E-state index contributed by atoms with van der Waals surface area (Å²) >= 11 is 1.08. The van der Waals surface area contributed by atoms with Crippen LogP contribution in [0.15, 0.2) is 64.3 Å². The van der Waals surface area contributed by atoms with Gasteiger partial charge in [0.1, 0.15) is 17.2 Å². The number of ether oxygens (including phenoxy) is 2. The first-order valence-corrected chi connectivity index (χ1v) is 16.0. The van der Waals surface area contributed by atoms with Crippen molar-refractivity contribution in [2.24, 2.45) is 0 Å². The van der Waals surface area contributed by atoms with Gasteiger partial charge in [-0.1, -0.05) is 23.5 Å². The topological polar surface area (TPSA) is 165 Å². The lowest BCUT2D eigenvalue weighted by molar-refractivity contribution is -0.275. The highest BCUT2D eigenvalue weighted by Gasteiger charge is 2.33. The van der Waals surface area contributed by atoms with Crippen molar-refractivity contribution in [2.75, 3.05) is 38.1 Å². The van der Waals surface area contributed by atoms with E-state index in [9.17, 15) is 49.1 Å². The molecule has 0 unspecified atom stereocenters. The van der Waals surface area contributed by atoms with E-state index in [0.717, 1.165) is 41.7 Å². The smallest absolute Gasteiger partial charge is 0.406 e. The van der Waals surface area contributed by atoms with E-state index in [0.29, 0.717) is 17.1 Å². The predicted molar refractivity (Wildman–Crippen MR) is 161 cm³/mol. The van der Waals surface area contributed by atoms with Crippen LogP contribution in [0.25, 0.3) is 4.96 Å². The van der Waals surface area contributed by atoms with Gasteiger partial charge in [-0.25, -0.2) is 8.42 Å². The third kappa shape index (κ3) is 10.0. The molecule has 22 heteroatoms. The number of rotatable bonds is 9. The number of nitrogens with zero attached hydrogens (tertiary/aromatic N) is 5. The number of aromatic nitrogens is 3. The van der Waals surface area contributed by atoms with E-state index in [1.807, 2.05) is 0 Å². The summed E-state index contributed by atoms with van der Waals surface area (Å²) in [5, 5.41) is 9.63. The van der Waals surface area contributed by atoms with Crippen molar-refractivity contribution in [2.45, 2.75) is 24.2 Å². The maximum Gasteiger partial charge on any atom is 0.573 e. The van der Waals surface area contributed by atoms with Crippen LogP contribution in [0.4, 0.5) is 31.5 Å². The lowest BCUT2D eigenvalue weighted by Gasteiger charge is -2.33. The quantitative estimate of drug-likeness (QED) is 0.193. The number of nitrogens with one attached hydrogen (secondary N) is 2. The first-order valence-electron chi connectivity index (χ1n) is 13.7. The van der Waals surface area contributed by atoms with Gasteiger partial charge in [0.2, 0.25) is 26.5 Å². The summed E-state index contributed by atoms with van der Waals surface area (Å²) < 4.78 is 108. The molecule has 0 aliphatic carbocycles. The lowest BCUT2D eigenvalue weighted by Crippen LogP contribution is -2.48. The number of hydrogen-bond acceptors (Lipinski definition) is 11. The van der Waals surface area contributed by atoms with Crippen molar-refractivity contribution in [3.05, 3.63) is 76.2 Å². The van der Waals surface area contributed by atoms with Crippen molar-refractivity contribution < 1.29 is 53.8 Å². The van der Waals surface area contributed by atoms with Gasteiger partial charge in [-0.3, -0.25) is 14.4 Å². The summed E-state index contributed by atoms with van der Waals surface area (Å²) in [5.41, 5.74) is 0.132. The minimum atomic E-state index is -4.87. The molecule has 49 heavy (non-hydrogen) atoms. The summed E-state index contributed by atoms with van der Waals surface area (Å²) in [4.78, 5) is 39.5. The number of carbonyl (C=O) groups excluding carboxylic acids is 2. The summed E-state index contributed by atoms with van der Waals surface area (Å²) in [6.45, 7) is 0.969. The first-order chi connectivity index (χ1) is 23.0. The van der Waals surface area contributed by atoms with Crippen LogP contribution in [0, 0.1) is 0 Å². The zero-order chi connectivity index (χ0) is 36.0. The van der Waals surface area contributed by atoms with Gasteiger partial charge in [0.15, 0.2) is 0 Å². The summed E-state index contributed by atoms with van der Waals surface area (Å²) in [6, 6.07) is 10.3. The van der Waals surface area contributed by atoms with Crippen LogP contribution >= 0.6 is 11.3 Å². The van der Waals surface area contributed by atoms with Gasteiger partial charge in [0.25, 0.3) is 11.5 Å². The molecular weight excluding hydrogens is 712 g/mol. The Hall–Kier alpha value is -4.96. The number of carbonyl (C=O) groups is 2. The number of anilines is 1. The molecule has 0 radical (unpaired) electrons. The Balaban J connectivity index is 0.000000302. The number of hydrogen-bond donors (Lipinski definition) is 2. The highest BCUT2D eigenvalue weighted by atomic mass is 32.2. The molecule has 1 saturated heterocycles. The number of halogens is 6. The van der Waals surface area contributed by atoms with E-state index in [1.165, 1.54) is 40.1 Å². The second-order valence-corrected chi connectivity index (χ2v) is 12.6. The molecule has 5 rings (SSSR count). The van der Waals surface area contributed by atoms with Crippen LogP contribution in [0.3, 0.4) is 0 Å². The van der Waals surface area contributed by atoms with Crippen molar-refractivity contribution in [1.82, 2.24) is 29.5 Å². The zero-order valence-electron chi connectivity index (χ0n) is 25.0. The molecule has 264 valence electrons. The number of piperazine rings is 1. The normalized spacial score (nSPS) is 14.1. The molecule has 0 spiro atoms. The Morgan fingerprint density at radius 3 is 2.00 bits per heavy atom. The predicted octanol–water partition coefficient (Wildman–Crippen LogP) is 2.75. The Morgan fingerprint density at radius 1 is 0.939 bits per heavy atom. The molecule has 0 atom stereocenters. The monoisotopic (exact) mass is 737 g/mol. The summed E-state index contributed by atoms with van der Waals surface area (Å²) in [6.07, 6.45) is -9.04. The van der Waals surface area contributed by atoms with Gasteiger partial charge >= 0.3 is 12.7 Å². The van der Waals surface area contributed by atoms with Crippen LogP contribution in [-0.2, 0) is 21.4 Å². The van der Waals surface area contributed by atoms with Crippen LogP contribution in [0.2, 0.25) is 0 Å². The molecule has 4 aromatic rings. The third-order valence-corrected chi connectivity index (χ3v) is 9.34. The third-order valence-electron chi connectivity index (χ3n) is 6.45. The molecule has 2 amide bonds. The molecule has 14 nitrogen and oxygen atoms in total. The van der Waals surface area contributed by atoms with Crippen LogP contribution in [-0.4, -0.2) is 85.6 Å². The zero-order valence-corrected chi connectivity index (χ0v) is 26.6. The highest BCUT2D eigenvalue weighted by molar-refractivity contribution is 7.89. The standard InChI is InChI=1S/C18H17F3N6O5S2.C9H8F3NO2/c1-22-15(29)13-10-14(28)23-16-27(13)24-17(33-16)25-6-8-26(9-7-25)34(30,31)12-4-2-11(3-5-12)32-18(19,20)21;10-9(11,12)15-8-3-1-7(2-4-8)5-13-6-14/h2-5,10H,6-9H2,1H3,(H,22,29);1-4,6H,5H2,(H,13,14). The number of fused-ring (bicyclic) bond motifs is 1. The minimum absolute atomic E-state index is 0.0270. The molecule has 1 aliphatic heterocycles. The van der Waals surface area contributed by atoms with Gasteiger partial charge in [-0.15, -0.1) is 31.4 Å². The van der Waals surface area contributed by atoms with Gasteiger partial charge < -0.3 is 25.0 Å². The second kappa shape index (κ2) is 15.1. The van der Waals surface area contributed by atoms with E-state index in [2.05, 4.69) is 30.2 Å². The maximum absolute atomic E-state index is 12.9. The average Bonchev–Trinajstić information content (AvgIpc) is 3.47. The Bertz CT molecular complexity index is 1930. The Morgan fingerprint density at radius 2 is 1.49 bits per heavy atom. The molecule has 0 bridgehead atoms. The molecule has 0 saturated carbocycles. The van der Waals surface area contributed by atoms with Gasteiger partial charge in [-0.05, 0) is 42.0 Å². The molecular formula is C27H25F6N7O7S2. The fourth-order valence-corrected chi connectivity index (χ4v) is 6.65. The number of alkyl halides is 6. The summed E-state index contributed by atoms with van der Waals surface area (Å²) in [7, 11) is -2.52. The highest BCUT2D eigenvalue weighted by Crippen LogP contribution is 2.28. The average molecular weight is 738 g/mol. The molecule has 2 aromatic heterocycles. The molecule has 1 fully saturated rings. The molecule has 2 aromatic carbocycles. The lowest BCUT2D eigenvalue weighted by atomic mass is 10.2. The van der Waals surface area contributed by atoms with E-state index in [4.69, 9.17) is 0 Å². The number of benzene rings is 2. The van der Waals surface area contributed by atoms with Crippen molar-refractivity contribution in [3.8, 4) is 11.5 Å². The summed E-state index contributed by atoms with van der Waals surface area (Å²) in [5.74, 6) is -1.30. The Kier molecular flexibility index (Phi) is 11.3. The van der Waals surface area contributed by atoms with Gasteiger partial charge in [0, 0.05) is 45.8 Å². The van der Waals surface area contributed by atoms with Crippen molar-refractivity contribution in [3.63, 3.8) is 0 Å². The number of amides is 2. The molecule has 3 heterocycles. The molecule has 1 aliphatic rings. The molecule has 2 N–H and O–H groups in total. The van der Waals surface area contributed by atoms with E-state index in [1.54, 1.807) is 4.90 Å². The van der Waals surface area contributed by atoms with Crippen LogP contribution in [0.1, 0.15) is 16.1 Å². The van der Waals surface area contributed by atoms with E-state index < -0.39 is 40.0 Å². The van der Waals surface area contributed by atoms with E-state index in [-0.39, 0.29) is 54.0 Å². The fraction of sp³-hybridized carbons (Fsp3) is 0.296. The van der Waals surface area contributed by atoms with Crippen molar-refractivity contribution >= 4 is 43.8 Å². The largest absolute Gasteiger partial charge is 0.573 e. The van der Waals surface area contributed by atoms with E-state index >= 15 is 0 Å². The van der Waals surface area contributed by atoms with Gasteiger partial charge in [-0.2, -0.15) is 13.8 Å². The number of sulfonamides is 1. The first kappa shape index (κ1) is 36.9. The Labute approximate surface area is 276 Å². The van der Waals surface area contributed by atoms with Crippen molar-refractivity contribution in [1.29, 1.82) is 0 Å². The maximum atomic E-state index is 12.9. The fourth-order valence-electron chi connectivity index (χ4n) is 4.27. The minimum Gasteiger partial charge on any atom is -0.406 e.